The van der Waals surface area contributed by atoms with Crippen LogP contribution in [0.5, 0.6) is 5.75 Å². The lowest BCUT2D eigenvalue weighted by molar-refractivity contribution is -0.122. The number of amides is 4. The zero-order valence-electron chi connectivity index (χ0n) is 18.4. The quantitative estimate of drug-likeness (QED) is 0.212. The Hall–Kier alpha value is -2.73. The van der Waals surface area contributed by atoms with E-state index in [1.54, 1.807) is 24.3 Å². The highest BCUT2D eigenvalue weighted by Gasteiger charge is 2.37. The molecule has 6 nitrogen and oxygen atoms in total. The third-order valence-electron chi connectivity index (χ3n) is 5.14. The van der Waals surface area contributed by atoms with Crippen molar-refractivity contribution in [2.75, 3.05) is 4.90 Å². The maximum absolute atomic E-state index is 13.2. The van der Waals surface area contributed by atoms with E-state index in [-0.39, 0.29) is 5.57 Å². The van der Waals surface area contributed by atoms with Gasteiger partial charge in [-0.15, -0.1) is 0 Å². The normalized spacial score (nSPS) is 15.0. The fourth-order valence-corrected chi connectivity index (χ4v) is 4.66. The summed E-state index contributed by atoms with van der Waals surface area (Å²) in [6, 6.07) is 18.2. The van der Waals surface area contributed by atoms with E-state index in [2.05, 4.69) is 50.5 Å². The van der Waals surface area contributed by atoms with Crippen molar-refractivity contribution in [3.8, 4) is 5.75 Å². The summed E-state index contributed by atoms with van der Waals surface area (Å²) < 4.78 is 7.93. The number of hydrogen-bond donors (Lipinski definition) is 1. The van der Waals surface area contributed by atoms with Gasteiger partial charge in [-0.1, -0.05) is 24.3 Å². The average Bonchev–Trinajstić information content (AvgIpc) is 2.76. The molecule has 4 rings (SSSR count). The van der Waals surface area contributed by atoms with Crippen LogP contribution in [0.1, 0.15) is 22.3 Å². The van der Waals surface area contributed by atoms with Crippen LogP contribution in [0.2, 0.25) is 0 Å². The van der Waals surface area contributed by atoms with Crippen LogP contribution in [0.25, 0.3) is 6.08 Å². The second kappa shape index (κ2) is 10.3. The largest absolute Gasteiger partial charge is 0.488 e. The minimum atomic E-state index is -0.758. The lowest BCUT2D eigenvalue weighted by atomic mass is 10.1. The van der Waals surface area contributed by atoms with Crippen LogP contribution in [0, 0.1) is 21.0 Å². The van der Waals surface area contributed by atoms with Gasteiger partial charge in [0.15, 0.2) is 0 Å². The predicted molar refractivity (Wildman–Crippen MR) is 148 cm³/mol. The van der Waals surface area contributed by atoms with Gasteiger partial charge in [-0.05, 0) is 124 Å². The number of benzene rings is 3. The van der Waals surface area contributed by atoms with Gasteiger partial charge in [0.25, 0.3) is 11.8 Å². The smallest absolute Gasteiger partial charge is 0.335 e. The molecule has 1 N–H and O–H groups in total. The number of anilines is 1. The van der Waals surface area contributed by atoms with Crippen LogP contribution in [-0.4, -0.2) is 17.8 Å². The maximum Gasteiger partial charge on any atom is 0.335 e. The Balaban J connectivity index is 1.57. The number of nitrogens with zero attached hydrogens (tertiary/aromatic N) is 1. The number of carbonyl (C=O) groups is 3. The summed E-state index contributed by atoms with van der Waals surface area (Å²) in [5, 5.41) is 2.27. The molecule has 0 spiro atoms. The molecule has 0 atom stereocenters. The van der Waals surface area contributed by atoms with Crippen molar-refractivity contribution in [3.05, 3.63) is 95.6 Å². The first-order valence-corrected chi connectivity index (χ1v) is 12.5. The summed E-state index contributed by atoms with van der Waals surface area (Å²) in [6.45, 7) is 4.20. The SMILES string of the molecule is Cc1cc(C)cc(N2C(=O)NC(=O)/C(=C\c3ccc(OCc4ccc(I)cc4)c(I)c3)C2=O)c1. The van der Waals surface area contributed by atoms with Crippen molar-refractivity contribution in [2.45, 2.75) is 20.5 Å². The third kappa shape index (κ3) is 5.49. The molecule has 0 unspecified atom stereocenters. The number of carbonyl (C=O) groups excluding carboxylic acids is 3. The van der Waals surface area contributed by atoms with E-state index in [9.17, 15) is 14.4 Å². The number of nitrogens with one attached hydrogen (secondary N) is 1. The van der Waals surface area contributed by atoms with E-state index in [0.29, 0.717) is 23.6 Å². The number of aryl methyl sites for hydroxylation is 2. The van der Waals surface area contributed by atoms with Crippen LogP contribution < -0.4 is 15.0 Å². The molecule has 8 heteroatoms. The lowest BCUT2D eigenvalue weighted by Crippen LogP contribution is -2.54. The second-order valence-corrected chi connectivity index (χ2v) is 10.3. The standard InChI is InChI=1S/C26H20I2N2O4/c1-15-9-16(2)11-20(10-15)30-25(32)21(24(31)29-26(30)33)12-18-5-8-23(22(28)13-18)34-14-17-3-6-19(27)7-4-17/h3-13H,14H2,1-2H3,(H,29,31,33)/b21-12+. The minimum absolute atomic E-state index is 0.109. The van der Waals surface area contributed by atoms with Gasteiger partial charge in [-0.3, -0.25) is 14.9 Å². The molecule has 3 aromatic carbocycles. The average molecular weight is 678 g/mol. The molecule has 1 fully saturated rings. The van der Waals surface area contributed by atoms with E-state index in [0.717, 1.165) is 28.7 Å². The first-order chi connectivity index (χ1) is 16.2. The van der Waals surface area contributed by atoms with Crippen molar-refractivity contribution in [3.63, 3.8) is 0 Å². The van der Waals surface area contributed by atoms with Crippen molar-refractivity contribution in [2.24, 2.45) is 0 Å². The Morgan fingerprint density at radius 1 is 0.912 bits per heavy atom. The fourth-order valence-electron chi connectivity index (χ4n) is 3.60. The molecule has 0 saturated carbocycles. The Kier molecular flexibility index (Phi) is 7.36. The van der Waals surface area contributed by atoms with Gasteiger partial charge in [0.1, 0.15) is 17.9 Å². The second-order valence-electron chi connectivity index (χ2n) is 7.91. The highest BCUT2D eigenvalue weighted by atomic mass is 127. The third-order valence-corrected chi connectivity index (χ3v) is 6.70. The molecule has 0 aromatic heterocycles. The molecule has 4 amide bonds. The summed E-state index contributed by atoms with van der Waals surface area (Å²) >= 11 is 4.41. The molecule has 1 aliphatic rings. The van der Waals surface area contributed by atoms with Crippen LogP contribution >= 0.6 is 45.2 Å². The molecule has 0 bridgehead atoms. The number of imide groups is 2. The highest BCUT2D eigenvalue weighted by Crippen LogP contribution is 2.27. The molecule has 1 heterocycles. The Labute approximate surface area is 224 Å². The molecule has 0 aliphatic carbocycles. The van der Waals surface area contributed by atoms with Gasteiger partial charge in [-0.2, -0.15) is 0 Å². The van der Waals surface area contributed by atoms with Crippen LogP contribution in [0.15, 0.2) is 66.2 Å². The summed E-state index contributed by atoms with van der Waals surface area (Å²) in [7, 11) is 0. The van der Waals surface area contributed by atoms with Crippen molar-refractivity contribution in [1.29, 1.82) is 0 Å². The summed E-state index contributed by atoms with van der Waals surface area (Å²) in [6.07, 6.45) is 1.49. The number of urea groups is 1. The van der Waals surface area contributed by atoms with E-state index in [1.165, 1.54) is 6.08 Å². The maximum atomic E-state index is 13.2. The van der Waals surface area contributed by atoms with Crippen molar-refractivity contribution >= 4 is 74.8 Å². The van der Waals surface area contributed by atoms with Gasteiger partial charge in [0.2, 0.25) is 0 Å². The van der Waals surface area contributed by atoms with E-state index < -0.39 is 17.8 Å². The summed E-state index contributed by atoms with van der Waals surface area (Å²) in [4.78, 5) is 39.1. The van der Waals surface area contributed by atoms with Crippen LogP contribution in [0.4, 0.5) is 10.5 Å². The molecular formula is C26H20I2N2O4. The number of rotatable bonds is 5. The first kappa shape index (κ1) is 24.4. The van der Waals surface area contributed by atoms with E-state index in [1.807, 2.05) is 50.2 Å². The molecule has 1 aliphatic heterocycles. The molecule has 0 radical (unpaired) electrons. The minimum Gasteiger partial charge on any atom is -0.488 e. The first-order valence-electron chi connectivity index (χ1n) is 10.4. The number of barbiturate groups is 1. The topological polar surface area (TPSA) is 75.7 Å². The zero-order chi connectivity index (χ0) is 24.4. The highest BCUT2D eigenvalue weighted by molar-refractivity contribution is 14.1. The molecule has 172 valence electrons. The number of halogens is 2. The summed E-state index contributed by atoms with van der Waals surface area (Å²) in [5.74, 6) is -0.676. The van der Waals surface area contributed by atoms with Crippen molar-refractivity contribution < 1.29 is 19.1 Å². The number of hydrogen-bond acceptors (Lipinski definition) is 4. The number of ether oxygens (including phenoxy) is 1. The van der Waals surface area contributed by atoms with Crippen LogP contribution in [0.3, 0.4) is 0 Å². The van der Waals surface area contributed by atoms with Gasteiger partial charge >= 0.3 is 6.03 Å². The Morgan fingerprint density at radius 3 is 2.24 bits per heavy atom. The molecule has 34 heavy (non-hydrogen) atoms. The predicted octanol–water partition coefficient (Wildman–Crippen LogP) is 5.76. The van der Waals surface area contributed by atoms with Gasteiger partial charge in [-0.25, -0.2) is 9.69 Å². The van der Waals surface area contributed by atoms with E-state index in [4.69, 9.17) is 4.74 Å². The molecular weight excluding hydrogens is 658 g/mol. The molecule has 3 aromatic rings. The van der Waals surface area contributed by atoms with Gasteiger partial charge in [0, 0.05) is 3.57 Å². The lowest BCUT2D eigenvalue weighted by Gasteiger charge is -2.27. The fraction of sp³-hybridized carbons (Fsp3) is 0.115. The van der Waals surface area contributed by atoms with Gasteiger partial charge < -0.3 is 4.74 Å². The Bertz CT molecular complexity index is 1310. The van der Waals surface area contributed by atoms with Crippen LogP contribution in [-0.2, 0) is 16.2 Å². The van der Waals surface area contributed by atoms with E-state index >= 15 is 0 Å². The zero-order valence-corrected chi connectivity index (χ0v) is 22.7. The van der Waals surface area contributed by atoms with Crippen molar-refractivity contribution in [1.82, 2.24) is 5.32 Å². The Morgan fingerprint density at radius 2 is 1.59 bits per heavy atom. The monoisotopic (exact) mass is 678 g/mol. The van der Waals surface area contributed by atoms with Gasteiger partial charge in [0.05, 0.1) is 9.26 Å². The molecule has 1 saturated heterocycles. The summed E-state index contributed by atoms with van der Waals surface area (Å²) in [5.41, 5.74) is 3.85.